The summed E-state index contributed by atoms with van der Waals surface area (Å²) in [5.41, 5.74) is 5.33. The van der Waals surface area contributed by atoms with Crippen LogP contribution >= 0.6 is 0 Å². The highest BCUT2D eigenvalue weighted by Gasteiger charge is 2.50. The first kappa shape index (κ1) is 14.4. The third kappa shape index (κ3) is 2.37. The number of alkyl halides is 3. The number of nitrogen functional groups attached to an aromatic ring is 1. The number of rotatable bonds is 2. The van der Waals surface area contributed by atoms with Crippen molar-refractivity contribution in [3.05, 3.63) is 41.6 Å². The van der Waals surface area contributed by atoms with Gasteiger partial charge in [-0.1, -0.05) is 17.7 Å². The molecular weight excluding hydrogens is 267 g/mol. The Balaban J connectivity index is 2.47. The molecular formula is C14H16F3N3. The highest BCUT2D eigenvalue weighted by Crippen LogP contribution is 2.40. The predicted molar refractivity (Wildman–Crippen MR) is 71.8 cm³/mol. The Kier molecular flexibility index (Phi) is 3.28. The molecule has 20 heavy (non-hydrogen) atoms. The second-order valence-electron chi connectivity index (χ2n) is 5.32. The monoisotopic (exact) mass is 283 g/mol. The van der Waals surface area contributed by atoms with E-state index in [0.717, 1.165) is 19.4 Å². The van der Waals surface area contributed by atoms with Crippen LogP contribution in [0.2, 0.25) is 0 Å². The summed E-state index contributed by atoms with van der Waals surface area (Å²) in [5, 5.41) is 4.02. The molecule has 0 radical (unpaired) electrons. The van der Waals surface area contributed by atoms with Crippen molar-refractivity contribution in [3.8, 4) is 5.69 Å². The minimum atomic E-state index is -4.38. The van der Waals surface area contributed by atoms with Crippen molar-refractivity contribution in [3.63, 3.8) is 0 Å². The molecule has 6 heteroatoms. The van der Waals surface area contributed by atoms with E-state index in [2.05, 4.69) is 5.10 Å². The molecule has 3 nitrogen and oxygen atoms in total. The number of nitrogens with zero attached hydrogens (tertiary/aromatic N) is 2. The van der Waals surface area contributed by atoms with Crippen LogP contribution in [0.1, 0.15) is 25.1 Å². The van der Waals surface area contributed by atoms with E-state index < -0.39 is 11.6 Å². The average Bonchev–Trinajstić information content (AvgIpc) is 2.71. The second-order valence-corrected chi connectivity index (χ2v) is 5.32. The van der Waals surface area contributed by atoms with E-state index in [9.17, 15) is 13.2 Å². The predicted octanol–water partition coefficient (Wildman–Crippen LogP) is 3.60. The van der Waals surface area contributed by atoms with Gasteiger partial charge in [0.1, 0.15) is 11.2 Å². The van der Waals surface area contributed by atoms with Gasteiger partial charge < -0.3 is 5.73 Å². The summed E-state index contributed by atoms with van der Waals surface area (Å²) in [5.74, 6) is 0.182. The number of benzene rings is 1. The van der Waals surface area contributed by atoms with Gasteiger partial charge in [-0.2, -0.15) is 18.3 Å². The quantitative estimate of drug-likeness (QED) is 0.915. The number of halogens is 3. The number of hydrogen-bond donors (Lipinski definition) is 1. The molecule has 1 heterocycles. The van der Waals surface area contributed by atoms with Gasteiger partial charge in [0, 0.05) is 6.07 Å². The van der Waals surface area contributed by atoms with Crippen LogP contribution < -0.4 is 5.73 Å². The molecule has 2 rings (SSSR count). The maximum Gasteiger partial charge on any atom is 0.399 e. The van der Waals surface area contributed by atoms with Gasteiger partial charge in [0.25, 0.3) is 0 Å². The van der Waals surface area contributed by atoms with E-state index in [1.807, 2.05) is 19.1 Å². The molecule has 0 fully saturated rings. The third-order valence-electron chi connectivity index (χ3n) is 3.36. The molecule has 1 aromatic heterocycles. The number of aryl methyl sites for hydroxylation is 1. The maximum absolute atomic E-state index is 13.0. The first-order valence-electron chi connectivity index (χ1n) is 6.13. The summed E-state index contributed by atoms with van der Waals surface area (Å²) in [6.07, 6.45) is -4.38. The first-order chi connectivity index (χ1) is 9.13. The fourth-order valence-electron chi connectivity index (χ4n) is 1.74. The number of hydrogen-bond acceptors (Lipinski definition) is 2. The van der Waals surface area contributed by atoms with Gasteiger partial charge in [0.15, 0.2) is 0 Å². The Labute approximate surface area is 115 Å². The average molecular weight is 283 g/mol. The van der Waals surface area contributed by atoms with Gasteiger partial charge in [0.2, 0.25) is 0 Å². The molecule has 0 aliphatic heterocycles. The molecule has 2 N–H and O–H groups in total. The highest BCUT2D eigenvalue weighted by molar-refractivity contribution is 5.45. The van der Waals surface area contributed by atoms with Crippen LogP contribution in [0.5, 0.6) is 0 Å². The summed E-state index contributed by atoms with van der Waals surface area (Å²) < 4.78 is 40.4. The smallest absolute Gasteiger partial charge is 0.384 e. The van der Waals surface area contributed by atoms with Gasteiger partial charge in [-0.05, 0) is 32.9 Å². The van der Waals surface area contributed by atoms with Gasteiger partial charge >= 0.3 is 6.18 Å². The maximum atomic E-state index is 13.0. The summed E-state index contributed by atoms with van der Waals surface area (Å²) in [7, 11) is 0. The Bertz CT molecular complexity index is 610. The standard InChI is InChI=1S/C14H16F3N3/c1-9-4-6-10(7-5-9)20-12(18)8-11(19-20)13(2,3)14(15,16)17/h4-8H,18H2,1-3H3. The Morgan fingerprint density at radius 3 is 2.15 bits per heavy atom. The highest BCUT2D eigenvalue weighted by atomic mass is 19.4. The Morgan fingerprint density at radius 1 is 1.10 bits per heavy atom. The topological polar surface area (TPSA) is 43.8 Å². The number of aromatic nitrogens is 2. The molecule has 0 saturated carbocycles. The van der Waals surface area contributed by atoms with E-state index in [-0.39, 0.29) is 11.5 Å². The fourth-order valence-corrected chi connectivity index (χ4v) is 1.74. The van der Waals surface area contributed by atoms with Crippen LogP contribution in [0.25, 0.3) is 5.69 Å². The fraction of sp³-hybridized carbons (Fsp3) is 0.357. The van der Waals surface area contributed by atoms with Crippen molar-refractivity contribution in [1.82, 2.24) is 9.78 Å². The van der Waals surface area contributed by atoms with Crippen LogP contribution in [0.4, 0.5) is 19.0 Å². The molecule has 0 aliphatic carbocycles. The zero-order valence-corrected chi connectivity index (χ0v) is 11.5. The lowest BCUT2D eigenvalue weighted by Gasteiger charge is -2.25. The van der Waals surface area contributed by atoms with Crippen molar-refractivity contribution in [2.45, 2.75) is 32.4 Å². The lowest BCUT2D eigenvalue weighted by atomic mass is 9.89. The van der Waals surface area contributed by atoms with Crippen LogP contribution in [0.15, 0.2) is 30.3 Å². The largest absolute Gasteiger partial charge is 0.399 e. The van der Waals surface area contributed by atoms with Crippen LogP contribution in [-0.4, -0.2) is 16.0 Å². The van der Waals surface area contributed by atoms with Gasteiger partial charge in [0.05, 0.1) is 11.4 Å². The lowest BCUT2D eigenvalue weighted by molar-refractivity contribution is -0.181. The van der Waals surface area contributed by atoms with Crippen molar-refractivity contribution in [1.29, 1.82) is 0 Å². The molecule has 2 aromatic rings. The van der Waals surface area contributed by atoms with E-state index in [1.54, 1.807) is 12.1 Å². The van der Waals surface area contributed by atoms with Crippen LogP contribution in [0, 0.1) is 6.92 Å². The summed E-state index contributed by atoms with van der Waals surface area (Å²) in [4.78, 5) is 0. The molecule has 108 valence electrons. The lowest BCUT2D eigenvalue weighted by Crippen LogP contribution is -2.36. The van der Waals surface area contributed by atoms with Crippen LogP contribution in [0.3, 0.4) is 0 Å². The van der Waals surface area contributed by atoms with Crippen molar-refractivity contribution in [2.75, 3.05) is 5.73 Å². The molecule has 0 atom stereocenters. The van der Waals surface area contributed by atoms with Crippen LogP contribution in [-0.2, 0) is 5.41 Å². The molecule has 0 saturated heterocycles. The third-order valence-corrected chi connectivity index (χ3v) is 3.36. The molecule has 0 aliphatic rings. The number of nitrogens with two attached hydrogens (primary N) is 1. The minimum Gasteiger partial charge on any atom is -0.384 e. The minimum absolute atomic E-state index is 0.0944. The van der Waals surface area contributed by atoms with Gasteiger partial charge in [-0.3, -0.25) is 0 Å². The molecule has 0 amide bonds. The molecule has 0 bridgehead atoms. The zero-order valence-electron chi connectivity index (χ0n) is 11.5. The van der Waals surface area contributed by atoms with E-state index in [1.165, 1.54) is 10.7 Å². The first-order valence-corrected chi connectivity index (χ1v) is 6.13. The molecule has 1 aromatic carbocycles. The SMILES string of the molecule is Cc1ccc(-n2nc(C(C)(C)C(F)(F)F)cc2N)cc1. The van der Waals surface area contributed by atoms with Gasteiger partial charge in [-0.25, -0.2) is 4.68 Å². The summed E-state index contributed by atoms with van der Waals surface area (Å²) in [6.45, 7) is 4.11. The van der Waals surface area contributed by atoms with Crippen molar-refractivity contribution in [2.24, 2.45) is 0 Å². The Hall–Kier alpha value is -1.98. The van der Waals surface area contributed by atoms with Crippen molar-refractivity contribution < 1.29 is 13.2 Å². The molecule has 0 unspecified atom stereocenters. The zero-order chi connectivity index (χ0) is 15.1. The summed E-state index contributed by atoms with van der Waals surface area (Å²) >= 11 is 0. The second kappa shape index (κ2) is 4.54. The summed E-state index contributed by atoms with van der Waals surface area (Å²) in [6, 6.07) is 8.51. The normalized spacial score (nSPS) is 12.7. The number of anilines is 1. The van der Waals surface area contributed by atoms with E-state index >= 15 is 0 Å². The van der Waals surface area contributed by atoms with E-state index in [4.69, 9.17) is 5.73 Å². The molecule has 0 spiro atoms. The van der Waals surface area contributed by atoms with E-state index in [0.29, 0.717) is 5.69 Å². The van der Waals surface area contributed by atoms with Gasteiger partial charge in [-0.15, -0.1) is 0 Å². The Morgan fingerprint density at radius 2 is 1.65 bits per heavy atom. The van der Waals surface area contributed by atoms with Crippen molar-refractivity contribution >= 4 is 5.82 Å².